The molecular formula is C20H18F3N3O5. The van der Waals surface area contributed by atoms with Gasteiger partial charge in [0, 0.05) is 44.1 Å². The maximum absolute atomic E-state index is 13.8. The molecule has 2 amide bonds. The van der Waals surface area contributed by atoms with Crippen LogP contribution in [0.5, 0.6) is 5.75 Å². The summed E-state index contributed by atoms with van der Waals surface area (Å²) in [5, 5.41) is 12.6. The maximum Gasteiger partial charge on any atom is 0.274 e. The molecule has 2 aliphatic heterocycles. The molecule has 1 unspecified atom stereocenters. The molecule has 2 atom stereocenters. The van der Waals surface area contributed by atoms with E-state index in [9.17, 15) is 32.7 Å². The Labute approximate surface area is 173 Å². The van der Waals surface area contributed by atoms with Crippen molar-refractivity contribution in [3.8, 4) is 5.75 Å². The van der Waals surface area contributed by atoms with E-state index >= 15 is 0 Å². The minimum Gasteiger partial charge on any atom is -0.503 e. The lowest BCUT2D eigenvalue weighted by atomic mass is 9.96. The molecule has 164 valence electrons. The molecule has 0 spiro atoms. The lowest BCUT2D eigenvalue weighted by Gasteiger charge is -2.44. The van der Waals surface area contributed by atoms with Gasteiger partial charge in [-0.15, -0.1) is 0 Å². The second-order valence-corrected chi connectivity index (χ2v) is 7.42. The number of fused-ring (bicyclic) bond motifs is 3. The minimum absolute atomic E-state index is 0.233. The predicted octanol–water partition coefficient (Wildman–Crippen LogP) is 1.32. The van der Waals surface area contributed by atoms with Gasteiger partial charge in [-0.1, -0.05) is 0 Å². The number of rotatable bonds is 3. The zero-order valence-corrected chi connectivity index (χ0v) is 16.3. The van der Waals surface area contributed by atoms with Gasteiger partial charge in [0.2, 0.25) is 5.43 Å². The Kier molecular flexibility index (Phi) is 5.21. The first-order valence-electron chi connectivity index (χ1n) is 9.45. The van der Waals surface area contributed by atoms with E-state index in [4.69, 9.17) is 4.74 Å². The Bertz CT molecular complexity index is 1130. The number of ether oxygens (including phenoxy) is 1. The van der Waals surface area contributed by atoms with E-state index in [2.05, 4.69) is 5.32 Å². The smallest absolute Gasteiger partial charge is 0.274 e. The number of pyridine rings is 1. The number of nitrogens with one attached hydrogen (secondary N) is 1. The molecule has 1 aromatic carbocycles. The molecule has 1 saturated heterocycles. The van der Waals surface area contributed by atoms with Gasteiger partial charge >= 0.3 is 0 Å². The number of aromatic hydroxyl groups is 1. The Morgan fingerprint density at radius 2 is 1.90 bits per heavy atom. The topological polar surface area (TPSA) is 101 Å². The molecule has 4 rings (SSSR count). The number of nitrogens with zero attached hydrogens (tertiary/aromatic N) is 2. The normalized spacial score (nSPS) is 20.3. The second-order valence-electron chi connectivity index (χ2n) is 7.42. The van der Waals surface area contributed by atoms with Crippen LogP contribution in [0.25, 0.3) is 0 Å². The first-order valence-corrected chi connectivity index (χ1v) is 9.45. The first-order chi connectivity index (χ1) is 14.7. The van der Waals surface area contributed by atoms with Crippen molar-refractivity contribution in [2.75, 3.05) is 20.3 Å². The summed E-state index contributed by atoms with van der Waals surface area (Å²) >= 11 is 0. The summed E-state index contributed by atoms with van der Waals surface area (Å²) in [5.74, 6) is -5.97. The molecule has 0 bridgehead atoms. The van der Waals surface area contributed by atoms with Crippen molar-refractivity contribution in [1.29, 1.82) is 0 Å². The van der Waals surface area contributed by atoms with E-state index in [1.165, 1.54) is 16.5 Å². The average molecular weight is 437 g/mol. The zero-order chi connectivity index (χ0) is 22.4. The van der Waals surface area contributed by atoms with Gasteiger partial charge in [0.25, 0.3) is 11.8 Å². The highest BCUT2D eigenvalue weighted by Gasteiger charge is 2.42. The van der Waals surface area contributed by atoms with Crippen LogP contribution in [0.2, 0.25) is 0 Å². The number of hydrogen-bond acceptors (Lipinski definition) is 5. The highest BCUT2D eigenvalue weighted by Crippen LogP contribution is 2.34. The molecule has 1 fully saturated rings. The number of likely N-dealkylation sites (N-methyl/N-ethyl adjacent to an activating group) is 1. The molecule has 8 nitrogen and oxygen atoms in total. The van der Waals surface area contributed by atoms with Crippen LogP contribution in [0.15, 0.2) is 23.1 Å². The first kappa shape index (κ1) is 20.9. The molecule has 11 heteroatoms. The summed E-state index contributed by atoms with van der Waals surface area (Å²) in [4.78, 5) is 39.2. The molecule has 0 aliphatic carbocycles. The molecule has 0 radical (unpaired) electrons. The molecule has 31 heavy (non-hydrogen) atoms. The van der Waals surface area contributed by atoms with Gasteiger partial charge in [-0.05, 0) is 6.42 Å². The number of amides is 2. The molecular weight excluding hydrogens is 419 g/mol. The van der Waals surface area contributed by atoms with Gasteiger partial charge < -0.3 is 24.6 Å². The van der Waals surface area contributed by atoms with E-state index < -0.39 is 58.1 Å². The summed E-state index contributed by atoms with van der Waals surface area (Å²) < 4.78 is 47.5. The van der Waals surface area contributed by atoms with Crippen LogP contribution in [0.1, 0.15) is 38.9 Å². The lowest BCUT2D eigenvalue weighted by Crippen LogP contribution is -2.54. The summed E-state index contributed by atoms with van der Waals surface area (Å²) in [6.07, 6.45) is 1.64. The van der Waals surface area contributed by atoms with Crippen molar-refractivity contribution >= 4 is 11.8 Å². The van der Waals surface area contributed by atoms with Crippen molar-refractivity contribution in [3.63, 3.8) is 0 Å². The van der Waals surface area contributed by atoms with Crippen LogP contribution in [0.4, 0.5) is 13.2 Å². The van der Waals surface area contributed by atoms with Crippen molar-refractivity contribution in [2.45, 2.75) is 25.0 Å². The van der Waals surface area contributed by atoms with Crippen molar-refractivity contribution < 1.29 is 32.6 Å². The van der Waals surface area contributed by atoms with E-state index in [1.807, 2.05) is 0 Å². The third-order valence-electron chi connectivity index (χ3n) is 5.65. The number of halogens is 3. The maximum atomic E-state index is 13.8. The summed E-state index contributed by atoms with van der Waals surface area (Å²) in [7, 11) is 1.54. The summed E-state index contributed by atoms with van der Waals surface area (Å²) in [6.45, 7) is -0.00957. The van der Waals surface area contributed by atoms with Crippen LogP contribution in [-0.4, -0.2) is 52.7 Å². The number of carbonyl (C=O) groups is 2. The van der Waals surface area contributed by atoms with E-state index in [-0.39, 0.29) is 24.4 Å². The third kappa shape index (κ3) is 3.44. The highest BCUT2D eigenvalue weighted by molar-refractivity contribution is 5.99. The SMILES string of the molecule is CN1C(=O)c2c(O)c(=O)c(C(=O)NCc3c(F)cc(F)cc3F)cn2C2CCOC[C@H]21. The second kappa shape index (κ2) is 7.73. The zero-order valence-electron chi connectivity index (χ0n) is 16.3. The quantitative estimate of drug-likeness (QED) is 0.755. The number of aromatic nitrogens is 1. The fourth-order valence-electron chi connectivity index (χ4n) is 3.98. The van der Waals surface area contributed by atoms with Crippen molar-refractivity contribution in [2.24, 2.45) is 0 Å². The van der Waals surface area contributed by atoms with Crippen LogP contribution in [-0.2, 0) is 11.3 Å². The summed E-state index contributed by atoms with van der Waals surface area (Å²) in [5.41, 5.74) is -2.40. The largest absolute Gasteiger partial charge is 0.503 e. The van der Waals surface area contributed by atoms with Crippen LogP contribution < -0.4 is 10.7 Å². The molecule has 2 aromatic rings. The minimum atomic E-state index is -1.19. The monoisotopic (exact) mass is 437 g/mol. The van der Waals surface area contributed by atoms with E-state index in [0.717, 1.165) is 6.20 Å². The van der Waals surface area contributed by atoms with Gasteiger partial charge in [-0.3, -0.25) is 14.4 Å². The highest BCUT2D eigenvalue weighted by atomic mass is 19.1. The van der Waals surface area contributed by atoms with Gasteiger partial charge in [0.15, 0.2) is 11.4 Å². The predicted molar refractivity (Wildman–Crippen MR) is 100 cm³/mol. The van der Waals surface area contributed by atoms with Gasteiger partial charge in [-0.2, -0.15) is 0 Å². The third-order valence-corrected chi connectivity index (χ3v) is 5.65. The van der Waals surface area contributed by atoms with E-state index in [1.54, 1.807) is 0 Å². The summed E-state index contributed by atoms with van der Waals surface area (Å²) in [6, 6.07) is 0.250. The fourth-order valence-corrected chi connectivity index (χ4v) is 3.98. The molecule has 2 N–H and O–H groups in total. The van der Waals surface area contributed by atoms with Crippen LogP contribution >= 0.6 is 0 Å². The molecule has 3 heterocycles. The van der Waals surface area contributed by atoms with Gasteiger partial charge in [0.05, 0.1) is 18.7 Å². The Morgan fingerprint density at radius 1 is 1.23 bits per heavy atom. The fraction of sp³-hybridized carbons (Fsp3) is 0.350. The van der Waals surface area contributed by atoms with Gasteiger partial charge in [-0.25, -0.2) is 13.2 Å². The van der Waals surface area contributed by atoms with Crippen LogP contribution in [0.3, 0.4) is 0 Å². The lowest BCUT2D eigenvalue weighted by molar-refractivity contribution is -0.0115. The molecule has 2 aliphatic rings. The number of hydrogen-bond donors (Lipinski definition) is 2. The molecule has 0 saturated carbocycles. The Hall–Kier alpha value is -3.34. The van der Waals surface area contributed by atoms with Crippen LogP contribution in [0, 0.1) is 17.5 Å². The Morgan fingerprint density at radius 3 is 2.58 bits per heavy atom. The average Bonchev–Trinajstić information content (AvgIpc) is 2.73. The van der Waals surface area contributed by atoms with Crippen molar-refractivity contribution in [1.82, 2.24) is 14.8 Å². The standard InChI is InChI=1S/C20H18F3N3O5/c1-25-15-8-31-3-2-14(15)26-7-11(17(27)18(28)16(26)20(25)30)19(29)24-6-10-12(22)4-9(21)5-13(10)23/h4-5,7,14-15,28H,2-3,6,8H2,1H3,(H,24,29)/t14?,15-/m1/s1. The van der Waals surface area contributed by atoms with Gasteiger partial charge in [0.1, 0.15) is 23.0 Å². The van der Waals surface area contributed by atoms with E-state index in [0.29, 0.717) is 25.2 Å². The number of benzene rings is 1. The Balaban J connectivity index is 1.69. The molecule has 1 aromatic heterocycles. The number of carbonyl (C=O) groups excluding carboxylic acids is 2. The van der Waals surface area contributed by atoms with Crippen molar-refractivity contribution in [3.05, 3.63) is 62.8 Å².